The first-order chi connectivity index (χ1) is 5.49. The topological polar surface area (TPSA) is 3.24 Å². The molecular weight excluding hydrogens is 376 g/mol. The van der Waals surface area contributed by atoms with Crippen LogP contribution in [0.15, 0.2) is 0 Å². The molecule has 0 saturated heterocycles. The molecule has 0 aliphatic heterocycles. The van der Waals surface area contributed by atoms with Crippen molar-refractivity contribution in [1.82, 2.24) is 4.90 Å². The Kier molecular flexibility index (Phi) is 7.62. The second kappa shape index (κ2) is 6.81. The maximum Gasteiger partial charge on any atom is 0.0154 e. The van der Waals surface area contributed by atoms with Crippen molar-refractivity contribution in [3.05, 3.63) is 0 Å². The first-order valence-corrected chi connectivity index (χ1v) is 7.16. The molecule has 0 aromatic heterocycles. The Hall–Kier alpha value is 1.42. The number of halogens is 2. The molecular formula is C9H19I2N. The van der Waals surface area contributed by atoms with Crippen LogP contribution in [-0.2, 0) is 0 Å². The van der Waals surface area contributed by atoms with E-state index in [1.54, 1.807) is 0 Å². The van der Waals surface area contributed by atoms with E-state index in [-0.39, 0.29) is 0 Å². The summed E-state index contributed by atoms with van der Waals surface area (Å²) in [5.41, 5.74) is 0. The average molecular weight is 395 g/mol. The summed E-state index contributed by atoms with van der Waals surface area (Å²) in [6.45, 7) is 8.12. The Morgan fingerprint density at radius 3 is 2.08 bits per heavy atom. The lowest BCUT2D eigenvalue weighted by atomic mass is 10.1. The highest BCUT2D eigenvalue weighted by atomic mass is 127. The smallest absolute Gasteiger partial charge is 0.0154 e. The molecule has 0 saturated carbocycles. The number of nitrogens with zero attached hydrogens (tertiary/aromatic N) is 1. The summed E-state index contributed by atoms with van der Waals surface area (Å²) in [6.07, 6.45) is 0. The van der Waals surface area contributed by atoms with Crippen LogP contribution in [0.4, 0.5) is 0 Å². The molecule has 0 fully saturated rings. The number of hydrogen-bond acceptors (Lipinski definition) is 1. The Labute approximate surface area is 104 Å². The van der Waals surface area contributed by atoms with Gasteiger partial charge in [0.15, 0.2) is 0 Å². The predicted molar refractivity (Wildman–Crippen MR) is 73.6 cm³/mol. The minimum Gasteiger partial charge on any atom is -0.303 e. The highest BCUT2D eigenvalue weighted by Gasteiger charge is 2.14. The monoisotopic (exact) mass is 395 g/mol. The first kappa shape index (κ1) is 13.4. The van der Waals surface area contributed by atoms with Crippen LogP contribution in [0.1, 0.15) is 20.8 Å². The van der Waals surface area contributed by atoms with Gasteiger partial charge in [0, 0.05) is 20.9 Å². The highest BCUT2D eigenvalue weighted by Crippen LogP contribution is 2.14. The summed E-state index contributed by atoms with van der Waals surface area (Å²) < 4.78 is 1.99. The zero-order chi connectivity index (χ0) is 9.72. The lowest BCUT2D eigenvalue weighted by Crippen LogP contribution is -2.35. The second-order valence-corrected chi connectivity index (χ2v) is 6.44. The van der Waals surface area contributed by atoms with Gasteiger partial charge in [-0.3, -0.25) is 0 Å². The molecule has 0 aromatic carbocycles. The predicted octanol–water partition coefficient (Wildman–Crippen LogP) is 3.20. The maximum atomic E-state index is 2.51. The van der Waals surface area contributed by atoms with Gasteiger partial charge >= 0.3 is 0 Å². The molecule has 3 heteroatoms. The molecule has 0 aliphatic carbocycles. The van der Waals surface area contributed by atoms with E-state index < -0.39 is 0 Å². The van der Waals surface area contributed by atoms with Crippen LogP contribution < -0.4 is 0 Å². The lowest BCUT2D eigenvalue weighted by molar-refractivity contribution is 0.244. The van der Waals surface area contributed by atoms with Gasteiger partial charge in [-0.15, -0.1) is 0 Å². The summed E-state index contributed by atoms with van der Waals surface area (Å²) in [7, 11) is 2.22. The first-order valence-electron chi connectivity index (χ1n) is 4.39. The Balaban J connectivity index is 3.75. The van der Waals surface area contributed by atoms with Crippen molar-refractivity contribution in [1.29, 1.82) is 0 Å². The van der Waals surface area contributed by atoms with Crippen molar-refractivity contribution in [2.45, 2.75) is 30.7 Å². The van der Waals surface area contributed by atoms with Gasteiger partial charge < -0.3 is 4.90 Å². The summed E-state index contributed by atoms with van der Waals surface area (Å²) in [6, 6.07) is 0.711. The fraction of sp³-hybridized carbons (Fsp3) is 1.00. The second-order valence-electron chi connectivity index (χ2n) is 3.60. The van der Waals surface area contributed by atoms with Gasteiger partial charge in [-0.1, -0.05) is 59.0 Å². The van der Waals surface area contributed by atoms with Gasteiger partial charge in [0.05, 0.1) is 0 Å². The lowest BCUT2D eigenvalue weighted by Gasteiger charge is -2.27. The molecule has 3 atom stereocenters. The molecule has 0 amide bonds. The molecule has 0 unspecified atom stereocenters. The Bertz CT molecular complexity index is 117. The van der Waals surface area contributed by atoms with Crippen LogP contribution in [0.3, 0.4) is 0 Å². The molecule has 0 aromatic rings. The largest absolute Gasteiger partial charge is 0.303 e. The fourth-order valence-electron chi connectivity index (χ4n) is 0.897. The van der Waals surface area contributed by atoms with Crippen LogP contribution in [-0.4, -0.2) is 32.9 Å². The van der Waals surface area contributed by atoms with Crippen LogP contribution in [0.25, 0.3) is 0 Å². The Morgan fingerprint density at radius 1 is 1.25 bits per heavy atom. The van der Waals surface area contributed by atoms with Gasteiger partial charge in [0.25, 0.3) is 0 Å². The summed E-state index contributed by atoms with van der Waals surface area (Å²) in [4.78, 5) is 2.45. The minimum absolute atomic E-state index is 0.711. The van der Waals surface area contributed by atoms with E-state index in [1.165, 1.54) is 11.0 Å². The Morgan fingerprint density at radius 2 is 1.75 bits per heavy atom. The van der Waals surface area contributed by atoms with E-state index in [9.17, 15) is 0 Å². The summed E-state index contributed by atoms with van der Waals surface area (Å²) >= 11 is 4.96. The third kappa shape index (κ3) is 5.21. The molecule has 0 radical (unpaired) electrons. The maximum absolute atomic E-state index is 2.51. The van der Waals surface area contributed by atoms with E-state index in [0.29, 0.717) is 6.04 Å². The molecule has 0 rings (SSSR count). The van der Waals surface area contributed by atoms with Crippen LogP contribution >= 0.6 is 45.2 Å². The molecule has 0 spiro atoms. The van der Waals surface area contributed by atoms with Crippen molar-refractivity contribution >= 4 is 45.2 Å². The normalized spacial score (nSPS) is 19.2. The van der Waals surface area contributed by atoms with E-state index in [0.717, 1.165) is 9.84 Å². The zero-order valence-electron chi connectivity index (χ0n) is 8.35. The van der Waals surface area contributed by atoms with Crippen molar-refractivity contribution < 1.29 is 0 Å². The van der Waals surface area contributed by atoms with Crippen LogP contribution in [0, 0.1) is 5.92 Å². The van der Waals surface area contributed by atoms with Gasteiger partial charge in [-0.25, -0.2) is 0 Å². The molecule has 0 bridgehead atoms. The quantitative estimate of drug-likeness (QED) is 0.511. The fourth-order valence-corrected chi connectivity index (χ4v) is 1.80. The van der Waals surface area contributed by atoms with Crippen molar-refractivity contribution in [2.75, 3.05) is 18.0 Å². The van der Waals surface area contributed by atoms with E-state index in [2.05, 4.69) is 77.9 Å². The molecule has 0 aliphatic rings. The van der Waals surface area contributed by atoms with Gasteiger partial charge in [0.1, 0.15) is 0 Å². The third-order valence-electron chi connectivity index (χ3n) is 2.34. The van der Waals surface area contributed by atoms with Crippen molar-refractivity contribution in [2.24, 2.45) is 5.92 Å². The van der Waals surface area contributed by atoms with Crippen LogP contribution in [0.5, 0.6) is 0 Å². The molecule has 0 N–H and O–H groups in total. The van der Waals surface area contributed by atoms with E-state index in [4.69, 9.17) is 0 Å². The number of rotatable bonds is 5. The standard InChI is InChI=1S/C9H19I2N/c1-7(9(3)11)6-12(4)8(2)5-10/h7-9H,5-6H2,1-4H3/t7-,8-,9-/m1/s1. The third-order valence-corrected chi connectivity index (χ3v) is 4.84. The number of alkyl halides is 2. The van der Waals surface area contributed by atoms with Crippen LogP contribution in [0.2, 0.25) is 0 Å². The van der Waals surface area contributed by atoms with Gasteiger partial charge in [0.2, 0.25) is 0 Å². The van der Waals surface area contributed by atoms with E-state index >= 15 is 0 Å². The van der Waals surface area contributed by atoms with Crippen molar-refractivity contribution in [3.63, 3.8) is 0 Å². The number of hydrogen-bond donors (Lipinski definition) is 0. The minimum atomic E-state index is 0.711. The SMILES string of the molecule is C[C@H](CN(C)[C@H](C)CI)[C@@H](C)I. The summed E-state index contributed by atoms with van der Waals surface area (Å²) in [5, 5.41) is 0. The highest BCUT2D eigenvalue weighted by molar-refractivity contribution is 14.1. The molecule has 12 heavy (non-hydrogen) atoms. The molecule has 1 nitrogen and oxygen atoms in total. The van der Waals surface area contributed by atoms with E-state index in [1.807, 2.05) is 0 Å². The molecule has 0 heterocycles. The average Bonchev–Trinajstić information content (AvgIpc) is 2.02. The van der Waals surface area contributed by atoms with Crippen molar-refractivity contribution in [3.8, 4) is 0 Å². The molecule has 74 valence electrons. The summed E-state index contributed by atoms with van der Waals surface area (Å²) in [5.74, 6) is 0.793. The van der Waals surface area contributed by atoms with Gasteiger partial charge in [-0.2, -0.15) is 0 Å². The zero-order valence-corrected chi connectivity index (χ0v) is 12.7. The van der Waals surface area contributed by atoms with Gasteiger partial charge in [-0.05, 0) is 19.9 Å².